The molecule has 1 amide bonds. The number of carbonyl (C=O) groups is 1. The van der Waals surface area contributed by atoms with E-state index in [9.17, 15) is 22.8 Å². The number of aromatic nitrogens is 3. The first kappa shape index (κ1) is 32.4. The molecule has 9 nitrogen and oxygen atoms in total. The number of hydrogen-bond acceptors (Lipinski definition) is 7. The van der Waals surface area contributed by atoms with Crippen LogP contribution >= 0.6 is 11.6 Å². The van der Waals surface area contributed by atoms with Gasteiger partial charge in [-0.2, -0.15) is 0 Å². The van der Waals surface area contributed by atoms with E-state index in [1.165, 1.54) is 35.2 Å². The summed E-state index contributed by atoms with van der Waals surface area (Å²) in [4.78, 5) is 35.8. The van der Waals surface area contributed by atoms with Gasteiger partial charge in [-0.1, -0.05) is 43.1 Å². The van der Waals surface area contributed by atoms with Crippen LogP contribution in [0.1, 0.15) is 43.5 Å². The van der Waals surface area contributed by atoms with Crippen LogP contribution in [0.3, 0.4) is 0 Å². The van der Waals surface area contributed by atoms with Crippen molar-refractivity contribution in [3.8, 4) is 28.1 Å². The summed E-state index contributed by atoms with van der Waals surface area (Å²) in [5.41, 5.74) is 3.35. The number of alkyl halides is 3. The molecule has 1 aliphatic rings. The summed E-state index contributed by atoms with van der Waals surface area (Å²) in [6.07, 6.45) is 0.865. The lowest BCUT2D eigenvalue weighted by molar-refractivity contribution is -0.274. The van der Waals surface area contributed by atoms with Crippen LogP contribution in [-0.4, -0.2) is 40.1 Å². The lowest BCUT2D eigenvalue weighted by Crippen LogP contribution is -2.32. The normalized spacial score (nSPS) is 19.0. The van der Waals surface area contributed by atoms with E-state index in [4.69, 9.17) is 17.0 Å². The molecule has 2 atom stereocenters. The maximum atomic E-state index is 13.8. The van der Waals surface area contributed by atoms with Crippen molar-refractivity contribution in [3.63, 3.8) is 0 Å². The number of benzene rings is 2. The van der Waals surface area contributed by atoms with Crippen molar-refractivity contribution < 1.29 is 22.7 Å². The molecule has 46 heavy (non-hydrogen) atoms. The molecule has 0 saturated heterocycles. The maximum Gasteiger partial charge on any atom is 0.573 e. The van der Waals surface area contributed by atoms with Crippen molar-refractivity contribution in [2.45, 2.75) is 38.6 Å². The Bertz CT molecular complexity index is 1870. The van der Waals surface area contributed by atoms with Gasteiger partial charge in [0.1, 0.15) is 5.75 Å². The average Bonchev–Trinajstić information content (AvgIpc) is 3.02. The number of fused-ring (bicyclic) bond motifs is 2. The minimum atomic E-state index is -4.85. The zero-order chi connectivity index (χ0) is 33.0. The van der Waals surface area contributed by atoms with Crippen LogP contribution in [0.15, 0.2) is 83.7 Å². The van der Waals surface area contributed by atoms with Crippen LogP contribution < -0.4 is 20.9 Å². The molecular weight excluding hydrogens is 621 g/mol. The number of nitrogens with zero attached hydrogens (tertiary/aromatic N) is 3. The summed E-state index contributed by atoms with van der Waals surface area (Å²) in [7, 11) is 1.69. The smallest absolute Gasteiger partial charge is 0.406 e. The molecule has 0 saturated carbocycles. The fraction of sp³-hybridized carbons (Fsp3) is 0.242. The molecule has 0 spiro atoms. The van der Waals surface area contributed by atoms with Crippen LogP contribution in [0.2, 0.25) is 5.02 Å². The van der Waals surface area contributed by atoms with E-state index in [1.807, 2.05) is 13.0 Å². The quantitative estimate of drug-likeness (QED) is 0.203. The summed E-state index contributed by atoms with van der Waals surface area (Å²) in [6, 6.07) is 14.7. The molecule has 2 unspecified atom stereocenters. The molecule has 13 heteroatoms. The topological polar surface area (TPSA) is 122 Å². The highest BCUT2D eigenvalue weighted by molar-refractivity contribution is 6.31. The standard InChI is InChI=1S/C33H30ClF3N6O3/c1-19-5-3-8-29(27-14-21(11-12-40-27)31(39-2)28(17-38)42-32(19)45)43-18-41-26(16-30(43)44)25-15-22(34)9-10-24(25)20-6-4-7-23(13-20)46-33(35,36)37/h4,6-7,9-19,29,38-39H,3,5,8H2,1-2H3,(H,42,45)/b31-28+,38-17?. The molecule has 0 aliphatic carbocycles. The number of nitrogens with one attached hydrogen (secondary N) is 3. The first-order valence-electron chi connectivity index (χ1n) is 14.4. The van der Waals surface area contributed by atoms with Crippen molar-refractivity contribution in [1.82, 2.24) is 25.2 Å². The van der Waals surface area contributed by atoms with E-state index in [0.29, 0.717) is 63.6 Å². The monoisotopic (exact) mass is 650 g/mol. The Morgan fingerprint density at radius 2 is 1.85 bits per heavy atom. The highest BCUT2D eigenvalue weighted by Gasteiger charge is 2.31. The number of hydrogen-bond donors (Lipinski definition) is 3. The fourth-order valence-electron chi connectivity index (χ4n) is 5.46. The van der Waals surface area contributed by atoms with Gasteiger partial charge >= 0.3 is 6.36 Å². The average molecular weight is 651 g/mol. The van der Waals surface area contributed by atoms with Crippen molar-refractivity contribution in [2.75, 3.05) is 7.05 Å². The first-order chi connectivity index (χ1) is 22.0. The van der Waals surface area contributed by atoms with Crippen LogP contribution in [0.5, 0.6) is 5.75 Å². The molecule has 3 N–H and O–H groups in total. The van der Waals surface area contributed by atoms with Gasteiger partial charge in [-0.05, 0) is 60.4 Å². The van der Waals surface area contributed by atoms with Gasteiger partial charge in [0, 0.05) is 47.6 Å². The van der Waals surface area contributed by atoms with E-state index in [-0.39, 0.29) is 28.8 Å². The number of halogens is 4. The second-order valence-electron chi connectivity index (χ2n) is 10.8. The minimum Gasteiger partial charge on any atom is -0.406 e. The van der Waals surface area contributed by atoms with Crippen molar-refractivity contribution in [2.24, 2.45) is 5.92 Å². The van der Waals surface area contributed by atoms with E-state index in [1.54, 1.807) is 43.6 Å². The Kier molecular flexibility index (Phi) is 9.57. The summed E-state index contributed by atoms with van der Waals surface area (Å²) in [5.74, 6) is -0.950. The van der Waals surface area contributed by atoms with Crippen molar-refractivity contribution in [1.29, 1.82) is 5.41 Å². The highest BCUT2D eigenvalue weighted by atomic mass is 35.5. The lowest BCUT2D eigenvalue weighted by atomic mass is 9.96. The number of carbonyl (C=O) groups excluding carboxylic acids is 1. The second-order valence-corrected chi connectivity index (χ2v) is 11.2. The number of ether oxygens (including phenoxy) is 1. The van der Waals surface area contributed by atoms with Crippen molar-refractivity contribution in [3.05, 3.63) is 106 Å². The number of amides is 1. The molecule has 2 aromatic carbocycles. The van der Waals surface area contributed by atoms with E-state index in [2.05, 4.69) is 25.3 Å². The zero-order valence-corrected chi connectivity index (χ0v) is 25.6. The van der Waals surface area contributed by atoms with Gasteiger partial charge in [0.05, 0.1) is 35.2 Å². The maximum absolute atomic E-state index is 13.8. The third-order valence-corrected chi connectivity index (χ3v) is 7.94. The third kappa shape index (κ3) is 7.28. The molecule has 4 aromatic rings. The van der Waals surface area contributed by atoms with Crippen molar-refractivity contribution >= 4 is 29.4 Å². The predicted octanol–water partition coefficient (Wildman–Crippen LogP) is 6.59. The van der Waals surface area contributed by atoms with Crippen LogP contribution in [0.4, 0.5) is 13.2 Å². The van der Waals surface area contributed by atoms with Gasteiger partial charge in [0.15, 0.2) is 0 Å². The minimum absolute atomic E-state index is 0.214. The number of pyridine rings is 1. The van der Waals surface area contributed by atoms with Gasteiger partial charge in [0.25, 0.3) is 5.56 Å². The number of rotatable bonds is 6. The Morgan fingerprint density at radius 1 is 1.04 bits per heavy atom. The van der Waals surface area contributed by atoms with Gasteiger partial charge < -0.3 is 20.8 Å². The molecular formula is C33H30ClF3N6O3. The number of allylic oxidation sites excluding steroid dienone is 1. The Morgan fingerprint density at radius 3 is 2.57 bits per heavy atom. The summed E-state index contributed by atoms with van der Waals surface area (Å²) in [6.45, 7) is 1.81. The van der Waals surface area contributed by atoms with E-state index >= 15 is 0 Å². The van der Waals surface area contributed by atoms with E-state index < -0.39 is 12.4 Å². The molecule has 3 heterocycles. The first-order valence-corrected chi connectivity index (χ1v) is 14.8. The summed E-state index contributed by atoms with van der Waals surface area (Å²) in [5, 5.41) is 14.1. The summed E-state index contributed by atoms with van der Waals surface area (Å²) < 4.78 is 44.2. The Balaban J connectivity index is 1.58. The molecule has 0 radical (unpaired) electrons. The third-order valence-electron chi connectivity index (χ3n) is 7.70. The van der Waals surface area contributed by atoms with Gasteiger partial charge in [-0.3, -0.25) is 19.1 Å². The van der Waals surface area contributed by atoms with Gasteiger partial charge in [-0.25, -0.2) is 4.98 Å². The SMILES string of the molecule is CN/C1=C(\C=N)NC(=O)C(C)CCCC(n2cnc(-c3cc(Cl)ccc3-c3cccc(OC(F)(F)F)c3)cc2=O)c2cc1ccn2. The fourth-order valence-corrected chi connectivity index (χ4v) is 5.63. The predicted molar refractivity (Wildman–Crippen MR) is 169 cm³/mol. The molecule has 5 rings (SSSR count). The van der Waals surface area contributed by atoms with Crippen LogP contribution in [0, 0.1) is 11.3 Å². The largest absolute Gasteiger partial charge is 0.573 e. The lowest BCUT2D eigenvalue weighted by Gasteiger charge is -2.23. The molecule has 238 valence electrons. The molecule has 2 aromatic heterocycles. The molecule has 2 bridgehead atoms. The van der Waals surface area contributed by atoms with Gasteiger partial charge in [0.2, 0.25) is 5.91 Å². The zero-order valence-electron chi connectivity index (χ0n) is 24.9. The Hall–Kier alpha value is -4.97. The van der Waals surface area contributed by atoms with Crippen LogP contribution in [-0.2, 0) is 4.79 Å². The second kappa shape index (κ2) is 13.6. The Labute approximate surface area is 267 Å². The molecule has 1 aliphatic heterocycles. The van der Waals surface area contributed by atoms with Crippen LogP contribution in [0.25, 0.3) is 28.1 Å². The van der Waals surface area contributed by atoms with E-state index in [0.717, 1.165) is 6.21 Å². The van der Waals surface area contributed by atoms with Gasteiger partial charge in [-0.15, -0.1) is 13.2 Å². The molecule has 0 fully saturated rings. The highest BCUT2D eigenvalue weighted by Crippen LogP contribution is 2.36. The summed E-state index contributed by atoms with van der Waals surface area (Å²) >= 11 is 6.31.